The first kappa shape index (κ1) is 17.3. The number of thiophene rings is 1. The van der Waals surface area contributed by atoms with Gasteiger partial charge in [-0.2, -0.15) is 0 Å². The summed E-state index contributed by atoms with van der Waals surface area (Å²) in [4.78, 5) is 13.0. The zero-order valence-corrected chi connectivity index (χ0v) is 15.5. The van der Waals surface area contributed by atoms with E-state index in [1.807, 2.05) is 17.5 Å². The van der Waals surface area contributed by atoms with E-state index in [1.54, 1.807) is 28.2 Å². The minimum atomic E-state index is -0.308. The molecule has 3 aromatic rings. The van der Waals surface area contributed by atoms with Crippen molar-refractivity contribution in [3.63, 3.8) is 0 Å². The van der Waals surface area contributed by atoms with E-state index < -0.39 is 0 Å². The smallest absolute Gasteiger partial charge is 0.230 e. The maximum Gasteiger partial charge on any atom is 0.230 e. The van der Waals surface area contributed by atoms with Crippen LogP contribution in [0, 0.1) is 9.77 Å². The van der Waals surface area contributed by atoms with Gasteiger partial charge in [-0.05, 0) is 47.9 Å². The maximum absolute atomic E-state index is 13.0. The van der Waals surface area contributed by atoms with Crippen molar-refractivity contribution in [3.05, 3.63) is 56.4 Å². The number of aromatic nitrogens is 2. The van der Waals surface area contributed by atoms with Gasteiger partial charge in [0, 0.05) is 4.88 Å². The van der Waals surface area contributed by atoms with Gasteiger partial charge in [-0.1, -0.05) is 29.2 Å². The number of amides is 1. The lowest BCUT2D eigenvalue weighted by atomic mass is 10.3. The molecule has 124 valence electrons. The van der Waals surface area contributed by atoms with E-state index in [1.165, 1.54) is 35.2 Å². The number of nitrogens with one attached hydrogen (secondary N) is 1. The Morgan fingerprint density at radius 2 is 2.12 bits per heavy atom. The first-order chi connectivity index (χ1) is 11.6. The highest BCUT2D eigenvalue weighted by atomic mass is 32.2. The van der Waals surface area contributed by atoms with Crippen molar-refractivity contribution in [1.82, 2.24) is 15.1 Å². The fourth-order valence-corrected chi connectivity index (χ4v) is 4.68. The van der Waals surface area contributed by atoms with Crippen LogP contribution in [-0.2, 0) is 11.3 Å². The number of halogens is 1. The Morgan fingerprint density at radius 1 is 1.33 bits per heavy atom. The lowest BCUT2D eigenvalue weighted by molar-refractivity contribution is -0.118. The number of carbonyl (C=O) groups is 1. The lowest BCUT2D eigenvalue weighted by Gasteiger charge is -2.02. The predicted octanol–water partition coefficient (Wildman–Crippen LogP) is 4.27. The number of hydrogen-bond acceptors (Lipinski definition) is 6. The minimum absolute atomic E-state index is 0.0529. The molecule has 0 aliphatic rings. The van der Waals surface area contributed by atoms with Crippen molar-refractivity contribution in [2.24, 2.45) is 0 Å². The van der Waals surface area contributed by atoms with Crippen LogP contribution < -0.4 is 5.32 Å². The molecule has 0 spiro atoms. The van der Waals surface area contributed by atoms with Crippen LogP contribution in [0.15, 0.2) is 46.1 Å². The highest BCUT2D eigenvalue weighted by molar-refractivity contribution is 8.01. The summed E-state index contributed by atoms with van der Waals surface area (Å²) in [5.74, 6) is -0.0859. The largest absolute Gasteiger partial charge is 0.350 e. The van der Waals surface area contributed by atoms with Crippen LogP contribution in [0.25, 0.3) is 5.69 Å². The minimum Gasteiger partial charge on any atom is -0.350 e. The third-order valence-electron chi connectivity index (χ3n) is 2.97. The highest BCUT2D eigenvalue weighted by Crippen LogP contribution is 2.24. The lowest BCUT2D eigenvalue weighted by Crippen LogP contribution is -2.24. The van der Waals surface area contributed by atoms with E-state index in [0.717, 1.165) is 4.88 Å². The van der Waals surface area contributed by atoms with Crippen LogP contribution in [0.1, 0.15) is 4.88 Å². The molecular weight excluding hydrogens is 385 g/mol. The quantitative estimate of drug-likeness (QED) is 0.498. The highest BCUT2D eigenvalue weighted by Gasteiger charge is 2.09. The summed E-state index contributed by atoms with van der Waals surface area (Å²) < 4.78 is 15.8. The molecule has 3 rings (SSSR count). The summed E-state index contributed by atoms with van der Waals surface area (Å²) in [6.45, 7) is 0.538. The first-order valence-corrected chi connectivity index (χ1v) is 9.99. The van der Waals surface area contributed by atoms with Gasteiger partial charge in [0.15, 0.2) is 8.29 Å². The second-order valence-corrected chi connectivity index (χ2v) is 8.54. The number of hydrogen-bond donors (Lipinski definition) is 1. The number of thioether (sulfide) groups is 1. The molecule has 0 radical (unpaired) electrons. The van der Waals surface area contributed by atoms with Gasteiger partial charge in [-0.3, -0.25) is 4.79 Å². The van der Waals surface area contributed by atoms with Crippen LogP contribution in [0.3, 0.4) is 0 Å². The second kappa shape index (κ2) is 8.02. The fraction of sp³-hybridized carbons (Fsp3) is 0.133. The van der Waals surface area contributed by atoms with E-state index >= 15 is 0 Å². The monoisotopic (exact) mass is 397 g/mol. The average Bonchev–Trinajstić information content (AvgIpc) is 3.21. The van der Waals surface area contributed by atoms with Crippen LogP contribution in [0.5, 0.6) is 0 Å². The molecule has 4 nitrogen and oxygen atoms in total. The Labute approximate surface area is 155 Å². The Hall–Kier alpha value is -1.55. The van der Waals surface area contributed by atoms with Crippen LogP contribution in [-0.4, -0.2) is 21.4 Å². The first-order valence-electron chi connectivity index (χ1n) is 6.90. The Balaban J connectivity index is 1.58. The fourth-order valence-electron chi connectivity index (χ4n) is 1.84. The van der Waals surface area contributed by atoms with Gasteiger partial charge in [0.2, 0.25) is 5.91 Å². The Morgan fingerprint density at radius 3 is 2.83 bits per heavy atom. The second-order valence-electron chi connectivity index (χ2n) is 4.67. The third-order valence-corrected chi connectivity index (χ3v) is 6.21. The van der Waals surface area contributed by atoms with Crippen molar-refractivity contribution in [3.8, 4) is 5.69 Å². The molecule has 9 heteroatoms. The normalized spacial score (nSPS) is 10.7. The van der Waals surface area contributed by atoms with Crippen LogP contribution >= 0.6 is 46.7 Å². The summed E-state index contributed by atoms with van der Waals surface area (Å²) in [5.41, 5.74) is 0.701. The molecular formula is C15H12FN3OS4. The molecule has 0 bridgehead atoms. The molecule has 0 saturated carbocycles. The third kappa shape index (κ3) is 4.50. The van der Waals surface area contributed by atoms with Gasteiger partial charge >= 0.3 is 0 Å². The van der Waals surface area contributed by atoms with E-state index in [4.69, 9.17) is 12.2 Å². The Kier molecular flexibility index (Phi) is 5.77. The molecule has 1 aromatic carbocycles. The Bertz CT molecular complexity index is 871. The number of benzene rings is 1. The van der Waals surface area contributed by atoms with E-state index in [2.05, 4.69) is 10.4 Å². The van der Waals surface area contributed by atoms with Crippen molar-refractivity contribution >= 4 is 52.6 Å². The standard InChI is InChI=1S/C15H12FN3OS4/c16-10-3-5-11(6-4-10)19-15(21)24-14(18-19)23-9-13(20)17-8-12-2-1-7-22-12/h1-7H,8-9H2,(H,17,20). The molecule has 0 aliphatic heterocycles. The van der Waals surface area contributed by atoms with Gasteiger partial charge in [0.25, 0.3) is 0 Å². The van der Waals surface area contributed by atoms with Crippen molar-refractivity contribution < 1.29 is 9.18 Å². The molecule has 24 heavy (non-hydrogen) atoms. The van der Waals surface area contributed by atoms with Crippen LogP contribution in [0.2, 0.25) is 0 Å². The number of nitrogens with zero attached hydrogens (tertiary/aromatic N) is 2. The molecule has 1 amide bonds. The van der Waals surface area contributed by atoms with Gasteiger partial charge in [0.1, 0.15) is 5.82 Å². The average molecular weight is 398 g/mol. The van der Waals surface area contributed by atoms with Gasteiger partial charge in [-0.15, -0.1) is 16.4 Å². The summed E-state index contributed by atoms with van der Waals surface area (Å²) in [6, 6.07) is 9.90. The van der Waals surface area contributed by atoms with Gasteiger partial charge in [0.05, 0.1) is 18.0 Å². The molecule has 0 aliphatic carbocycles. The van der Waals surface area contributed by atoms with Crippen molar-refractivity contribution in [2.75, 3.05) is 5.75 Å². The summed E-state index contributed by atoms with van der Waals surface area (Å²) in [7, 11) is 0. The topological polar surface area (TPSA) is 46.9 Å². The molecule has 2 heterocycles. The summed E-state index contributed by atoms with van der Waals surface area (Å²) in [6.07, 6.45) is 0. The molecule has 2 aromatic heterocycles. The SMILES string of the molecule is O=C(CSc1nn(-c2ccc(F)cc2)c(=S)s1)NCc1cccs1. The zero-order valence-electron chi connectivity index (χ0n) is 12.3. The zero-order chi connectivity index (χ0) is 16.9. The van der Waals surface area contributed by atoms with Crippen LogP contribution in [0.4, 0.5) is 4.39 Å². The predicted molar refractivity (Wildman–Crippen MR) is 99.1 cm³/mol. The molecule has 0 saturated heterocycles. The number of carbonyl (C=O) groups excluding carboxylic acids is 1. The van der Waals surface area contributed by atoms with Gasteiger partial charge in [-0.25, -0.2) is 9.07 Å². The summed E-state index contributed by atoms with van der Waals surface area (Å²) in [5, 5.41) is 9.23. The van der Waals surface area contributed by atoms with E-state index in [9.17, 15) is 9.18 Å². The summed E-state index contributed by atoms with van der Waals surface area (Å²) >= 11 is 9.56. The van der Waals surface area contributed by atoms with E-state index in [0.29, 0.717) is 20.5 Å². The molecule has 0 fully saturated rings. The maximum atomic E-state index is 13.0. The molecule has 1 N–H and O–H groups in total. The number of rotatable bonds is 6. The van der Waals surface area contributed by atoms with Crippen molar-refractivity contribution in [1.29, 1.82) is 0 Å². The van der Waals surface area contributed by atoms with E-state index in [-0.39, 0.29) is 17.5 Å². The van der Waals surface area contributed by atoms with Crippen molar-refractivity contribution in [2.45, 2.75) is 10.9 Å². The van der Waals surface area contributed by atoms with Gasteiger partial charge < -0.3 is 5.32 Å². The molecule has 0 atom stereocenters. The molecule has 0 unspecified atom stereocenters.